The van der Waals surface area contributed by atoms with Gasteiger partial charge in [-0.3, -0.25) is 19.7 Å². The minimum Gasteiger partial charge on any atom is -0.451 e. The van der Waals surface area contributed by atoms with Crippen molar-refractivity contribution in [3.05, 3.63) is 57.6 Å². The van der Waals surface area contributed by atoms with E-state index >= 15 is 0 Å². The summed E-state index contributed by atoms with van der Waals surface area (Å²) in [5.74, 6) is -1.55. The lowest BCUT2D eigenvalue weighted by molar-refractivity contribution is -0.152. The number of hydrogen-bond acceptors (Lipinski definition) is 7. The molecule has 9 heteroatoms. The second-order valence-corrected chi connectivity index (χ2v) is 8.18. The summed E-state index contributed by atoms with van der Waals surface area (Å²) in [6.07, 6.45) is -0.0557. The van der Waals surface area contributed by atoms with Gasteiger partial charge in [-0.05, 0) is 30.4 Å². The Kier molecular flexibility index (Phi) is 7.31. The molecular weight excluding hydrogens is 422 g/mol. The van der Waals surface area contributed by atoms with E-state index in [1.165, 1.54) is 35.2 Å². The normalized spacial score (nSPS) is 11.5. The molecule has 2 amide bonds. The van der Waals surface area contributed by atoms with E-state index in [1.807, 2.05) is 29.6 Å². The van der Waals surface area contributed by atoms with E-state index in [0.717, 1.165) is 17.7 Å². The summed E-state index contributed by atoms with van der Waals surface area (Å²) in [4.78, 5) is 40.9. The molecular formula is C21H21N3O4S2. The standard InChI is InChI=1S/C21H21N3O4S2/c1-3-14-6-8-15(9-7-14)16-12-30-21(23-16)24-19(26)13(2)28-18(25)11-22-20(27)17-5-4-10-29-17/h4-10,12-13H,3,11H2,1-2H3,(H,22,27)(H,23,24,26)/t13-/m1/s1. The number of aryl methyl sites for hydroxylation is 1. The Morgan fingerprint density at radius 2 is 1.90 bits per heavy atom. The zero-order chi connectivity index (χ0) is 21.5. The van der Waals surface area contributed by atoms with Crippen LogP contribution in [0.3, 0.4) is 0 Å². The summed E-state index contributed by atoms with van der Waals surface area (Å²) in [7, 11) is 0. The van der Waals surface area contributed by atoms with E-state index in [2.05, 4.69) is 22.5 Å². The summed E-state index contributed by atoms with van der Waals surface area (Å²) in [6.45, 7) is 3.24. The molecule has 1 atom stereocenters. The molecule has 2 N–H and O–H groups in total. The fourth-order valence-corrected chi connectivity index (χ4v) is 3.88. The number of aromatic nitrogens is 1. The second-order valence-electron chi connectivity index (χ2n) is 6.37. The Hall–Kier alpha value is -3.04. The van der Waals surface area contributed by atoms with Crippen molar-refractivity contribution >= 4 is 45.6 Å². The highest BCUT2D eigenvalue weighted by Gasteiger charge is 2.20. The van der Waals surface area contributed by atoms with Gasteiger partial charge in [0.25, 0.3) is 11.8 Å². The van der Waals surface area contributed by atoms with Crippen LogP contribution in [-0.2, 0) is 20.7 Å². The first-order valence-electron chi connectivity index (χ1n) is 9.33. The maximum absolute atomic E-state index is 12.3. The van der Waals surface area contributed by atoms with Crippen LogP contribution in [0, 0.1) is 0 Å². The number of ether oxygens (including phenoxy) is 1. The van der Waals surface area contributed by atoms with Gasteiger partial charge in [0.2, 0.25) is 0 Å². The molecule has 0 fully saturated rings. The number of benzene rings is 1. The number of nitrogens with one attached hydrogen (secondary N) is 2. The molecule has 7 nitrogen and oxygen atoms in total. The van der Waals surface area contributed by atoms with Crippen molar-refractivity contribution in [2.45, 2.75) is 26.4 Å². The molecule has 0 aliphatic heterocycles. The molecule has 3 rings (SSSR count). The number of nitrogens with zero attached hydrogens (tertiary/aromatic N) is 1. The number of thiazole rings is 1. The Morgan fingerprint density at radius 1 is 1.13 bits per heavy atom. The number of amides is 2. The second kappa shape index (κ2) is 10.1. The Labute approximate surface area is 182 Å². The lowest BCUT2D eigenvalue weighted by atomic mass is 10.1. The molecule has 0 bridgehead atoms. The topological polar surface area (TPSA) is 97.4 Å². The third-order valence-electron chi connectivity index (χ3n) is 4.21. The third-order valence-corrected chi connectivity index (χ3v) is 5.83. The average Bonchev–Trinajstić information content (AvgIpc) is 3.44. The Morgan fingerprint density at radius 3 is 2.57 bits per heavy atom. The smallest absolute Gasteiger partial charge is 0.326 e. The zero-order valence-corrected chi connectivity index (χ0v) is 18.1. The quantitative estimate of drug-likeness (QED) is 0.517. The van der Waals surface area contributed by atoms with Crippen LogP contribution >= 0.6 is 22.7 Å². The molecule has 2 heterocycles. The summed E-state index contributed by atoms with van der Waals surface area (Å²) in [5, 5.41) is 9.16. The zero-order valence-electron chi connectivity index (χ0n) is 16.5. The van der Waals surface area contributed by atoms with Crippen molar-refractivity contribution in [3.8, 4) is 11.3 Å². The van der Waals surface area contributed by atoms with Crippen molar-refractivity contribution < 1.29 is 19.1 Å². The number of thiophene rings is 1. The van der Waals surface area contributed by atoms with E-state index in [-0.39, 0.29) is 12.5 Å². The van der Waals surface area contributed by atoms with Crippen LogP contribution in [0.15, 0.2) is 47.2 Å². The van der Waals surface area contributed by atoms with Gasteiger partial charge in [0.15, 0.2) is 11.2 Å². The maximum atomic E-state index is 12.3. The monoisotopic (exact) mass is 443 g/mol. The maximum Gasteiger partial charge on any atom is 0.326 e. The van der Waals surface area contributed by atoms with Crippen LogP contribution in [0.5, 0.6) is 0 Å². The summed E-state index contributed by atoms with van der Waals surface area (Å²) in [5.41, 5.74) is 2.97. The summed E-state index contributed by atoms with van der Waals surface area (Å²) in [6, 6.07) is 11.5. The van der Waals surface area contributed by atoms with Gasteiger partial charge in [-0.1, -0.05) is 37.3 Å². The molecule has 0 spiro atoms. The molecule has 0 unspecified atom stereocenters. The molecule has 0 radical (unpaired) electrons. The molecule has 3 aromatic rings. The van der Waals surface area contributed by atoms with Gasteiger partial charge in [0.1, 0.15) is 6.54 Å². The summed E-state index contributed by atoms with van der Waals surface area (Å²) < 4.78 is 5.08. The number of esters is 1. The number of carbonyl (C=O) groups is 3. The van der Waals surface area contributed by atoms with E-state index in [1.54, 1.807) is 17.5 Å². The molecule has 30 heavy (non-hydrogen) atoms. The highest BCUT2D eigenvalue weighted by molar-refractivity contribution is 7.14. The molecule has 1 aromatic carbocycles. The number of carbonyl (C=O) groups excluding carboxylic acids is 3. The largest absolute Gasteiger partial charge is 0.451 e. The fourth-order valence-electron chi connectivity index (χ4n) is 2.52. The van der Waals surface area contributed by atoms with Gasteiger partial charge in [-0.15, -0.1) is 22.7 Å². The molecule has 0 saturated carbocycles. The fraction of sp³-hybridized carbons (Fsp3) is 0.238. The first kappa shape index (κ1) is 21.7. The van der Waals surface area contributed by atoms with Crippen LogP contribution in [0.2, 0.25) is 0 Å². The first-order valence-corrected chi connectivity index (χ1v) is 11.1. The van der Waals surface area contributed by atoms with Crippen molar-refractivity contribution in [2.75, 3.05) is 11.9 Å². The minimum atomic E-state index is -1.02. The van der Waals surface area contributed by atoms with E-state index in [0.29, 0.717) is 10.0 Å². The van der Waals surface area contributed by atoms with E-state index in [9.17, 15) is 14.4 Å². The van der Waals surface area contributed by atoms with Crippen molar-refractivity contribution in [1.29, 1.82) is 0 Å². The predicted octanol–water partition coefficient (Wildman–Crippen LogP) is 3.73. The van der Waals surface area contributed by atoms with Gasteiger partial charge in [0, 0.05) is 10.9 Å². The highest BCUT2D eigenvalue weighted by atomic mass is 32.1. The number of hydrogen-bond donors (Lipinski definition) is 2. The lowest BCUT2D eigenvalue weighted by Gasteiger charge is -2.12. The van der Waals surface area contributed by atoms with Crippen molar-refractivity contribution in [2.24, 2.45) is 0 Å². The van der Waals surface area contributed by atoms with E-state index < -0.39 is 18.0 Å². The first-order chi connectivity index (χ1) is 14.5. The Bertz CT molecular complexity index is 1010. The minimum absolute atomic E-state index is 0.316. The molecule has 0 aliphatic carbocycles. The van der Waals surface area contributed by atoms with Crippen molar-refractivity contribution in [1.82, 2.24) is 10.3 Å². The van der Waals surface area contributed by atoms with Gasteiger partial charge < -0.3 is 10.1 Å². The van der Waals surface area contributed by atoms with E-state index in [4.69, 9.17) is 4.74 Å². The van der Waals surface area contributed by atoms with Gasteiger partial charge in [-0.2, -0.15) is 0 Å². The number of anilines is 1. The molecule has 0 aliphatic rings. The molecule has 0 saturated heterocycles. The van der Waals surface area contributed by atoms with Crippen LogP contribution in [-0.4, -0.2) is 35.4 Å². The molecule has 156 valence electrons. The predicted molar refractivity (Wildman–Crippen MR) is 118 cm³/mol. The van der Waals surface area contributed by atoms with Crippen LogP contribution < -0.4 is 10.6 Å². The Balaban J connectivity index is 1.48. The van der Waals surface area contributed by atoms with Crippen LogP contribution in [0.4, 0.5) is 5.13 Å². The SMILES string of the molecule is CCc1ccc(-c2csc(NC(=O)[C@@H](C)OC(=O)CNC(=O)c3cccs3)n2)cc1. The van der Waals surface area contributed by atoms with Crippen LogP contribution in [0.1, 0.15) is 29.1 Å². The van der Waals surface area contributed by atoms with Gasteiger partial charge in [-0.25, -0.2) is 4.98 Å². The van der Waals surface area contributed by atoms with Crippen LogP contribution in [0.25, 0.3) is 11.3 Å². The molecule has 2 aromatic heterocycles. The van der Waals surface area contributed by atoms with Gasteiger partial charge in [0.05, 0.1) is 10.6 Å². The lowest BCUT2D eigenvalue weighted by Crippen LogP contribution is -2.35. The number of rotatable bonds is 8. The third kappa shape index (κ3) is 5.74. The highest BCUT2D eigenvalue weighted by Crippen LogP contribution is 2.25. The van der Waals surface area contributed by atoms with Crippen molar-refractivity contribution in [3.63, 3.8) is 0 Å². The average molecular weight is 444 g/mol. The van der Waals surface area contributed by atoms with Gasteiger partial charge >= 0.3 is 5.97 Å². The summed E-state index contributed by atoms with van der Waals surface area (Å²) >= 11 is 2.56.